The Kier molecular flexibility index (Phi) is 4.06. The summed E-state index contributed by atoms with van der Waals surface area (Å²) in [5.41, 5.74) is 2.69. The molecule has 2 N–H and O–H groups in total. The van der Waals surface area contributed by atoms with Gasteiger partial charge in [0.25, 0.3) is 0 Å². The number of carboxylic acid groups (broad SMARTS) is 1. The van der Waals surface area contributed by atoms with Gasteiger partial charge in [-0.1, -0.05) is 30.3 Å². The number of aromatic carboxylic acids is 1. The van der Waals surface area contributed by atoms with Crippen molar-refractivity contribution in [2.45, 2.75) is 12.5 Å². The highest BCUT2D eigenvalue weighted by Crippen LogP contribution is 2.32. The molecule has 1 aromatic heterocycles. The van der Waals surface area contributed by atoms with Gasteiger partial charge in [-0.15, -0.1) is 11.3 Å². The summed E-state index contributed by atoms with van der Waals surface area (Å²) in [5.74, 6) is -0.940. The van der Waals surface area contributed by atoms with E-state index in [1.807, 2.05) is 30.3 Å². The van der Waals surface area contributed by atoms with E-state index in [-0.39, 0.29) is 17.6 Å². The minimum atomic E-state index is -1.01. The zero-order valence-corrected chi connectivity index (χ0v) is 12.5. The van der Waals surface area contributed by atoms with Gasteiger partial charge in [-0.05, 0) is 5.56 Å². The van der Waals surface area contributed by atoms with Crippen LogP contribution >= 0.6 is 11.3 Å². The lowest BCUT2D eigenvalue weighted by molar-refractivity contribution is 0.0687. The third-order valence-corrected chi connectivity index (χ3v) is 4.61. The molecule has 1 saturated heterocycles. The van der Waals surface area contributed by atoms with Gasteiger partial charge < -0.3 is 15.3 Å². The van der Waals surface area contributed by atoms with E-state index in [9.17, 15) is 9.59 Å². The molecule has 0 radical (unpaired) electrons. The number of amides is 2. The van der Waals surface area contributed by atoms with Crippen molar-refractivity contribution in [1.29, 1.82) is 0 Å². The van der Waals surface area contributed by atoms with E-state index in [4.69, 9.17) is 5.11 Å². The highest BCUT2D eigenvalue weighted by atomic mass is 32.1. The number of hydrogen-bond donors (Lipinski definition) is 2. The molecular weight excluding hydrogens is 302 g/mol. The number of aromatic nitrogens is 1. The highest BCUT2D eigenvalue weighted by Gasteiger charge is 2.35. The van der Waals surface area contributed by atoms with E-state index >= 15 is 0 Å². The van der Waals surface area contributed by atoms with Crippen LogP contribution in [0.1, 0.15) is 26.8 Å². The van der Waals surface area contributed by atoms with Crippen LogP contribution in [0, 0.1) is 0 Å². The molecule has 114 valence electrons. The van der Waals surface area contributed by atoms with Crippen LogP contribution in [-0.4, -0.2) is 40.1 Å². The average molecular weight is 317 g/mol. The van der Waals surface area contributed by atoms with Crippen molar-refractivity contribution in [3.8, 4) is 0 Å². The third kappa shape index (κ3) is 2.94. The molecule has 1 fully saturated rings. The van der Waals surface area contributed by atoms with Crippen molar-refractivity contribution >= 4 is 23.3 Å². The quantitative estimate of drug-likeness (QED) is 0.905. The first-order chi connectivity index (χ1) is 10.6. The van der Waals surface area contributed by atoms with E-state index in [0.29, 0.717) is 19.6 Å². The smallest absolute Gasteiger partial charge is 0.355 e. The molecule has 0 unspecified atom stereocenters. The van der Waals surface area contributed by atoms with E-state index in [1.54, 1.807) is 4.90 Å². The molecule has 0 aliphatic carbocycles. The van der Waals surface area contributed by atoms with Crippen molar-refractivity contribution in [2.24, 2.45) is 0 Å². The van der Waals surface area contributed by atoms with Crippen LogP contribution in [-0.2, 0) is 6.54 Å². The summed E-state index contributed by atoms with van der Waals surface area (Å²) in [4.78, 5) is 29.4. The second-order valence-electron chi connectivity index (χ2n) is 5.12. The molecule has 1 aliphatic heterocycles. The molecule has 1 aromatic carbocycles. The predicted molar refractivity (Wildman–Crippen MR) is 82.1 cm³/mol. The molecule has 2 amide bonds. The molecule has 0 saturated carbocycles. The molecule has 6 nitrogen and oxygen atoms in total. The number of nitrogens with zero attached hydrogens (tertiary/aromatic N) is 2. The Bertz CT molecular complexity index is 680. The van der Waals surface area contributed by atoms with Gasteiger partial charge in [-0.25, -0.2) is 14.6 Å². The zero-order valence-electron chi connectivity index (χ0n) is 11.7. The zero-order chi connectivity index (χ0) is 15.5. The van der Waals surface area contributed by atoms with Gasteiger partial charge >= 0.3 is 12.0 Å². The van der Waals surface area contributed by atoms with Crippen LogP contribution in [0.5, 0.6) is 0 Å². The first-order valence-electron chi connectivity index (χ1n) is 6.88. The van der Waals surface area contributed by atoms with Crippen LogP contribution in [0.25, 0.3) is 0 Å². The number of likely N-dealkylation sites (tertiary alicyclic amines) is 1. The van der Waals surface area contributed by atoms with Crippen LogP contribution in [0.15, 0.2) is 35.8 Å². The monoisotopic (exact) mass is 317 g/mol. The van der Waals surface area contributed by atoms with Gasteiger partial charge in [0.15, 0.2) is 5.69 Å². The lowest BCUT2D eigenvalue weighted by Gasteiger charge is -2.38. The molecule has 2 aromatic rings. The first kappa shape index (κ1) is 14.5. The van der Waals surface area contributed by atoms with Gasteiger partial charge in [-0.2, -0.15) is 0 Å². The predicted octanol–water partition coefficient (Wildman–Crippen LogP) is 2.15. The van der Waals surface area contributed by atoms with Gasteiger partial charge in [0.2, 0.25) is 0 Å². The summed E-state index contributed by atoms with van der Waals surface area (Å²) in [7, 11) is 0. The third-order valence-electron chi connectivity index (χ3n) is 3.62. The van der Waals surface area contributed by atoms with E-state index in [1.165, 1.54) is 16.8 Å². The van der Waals surface area contributed by atoms with Gasteiger partial charge in [0.1, 0.15) is 0 Å². The Balaban J connectivity index is 1.51. The van der Waals surface area contributed by atoms with Crippen molar-refractivity contribution in [3.05, 3.63) is 52.0 Å². The van der Waals surface area contributed by atoms with Crippen molar-refractivity contribution in [3.63, 3.8) is 0 Å². The molecule has 0 spiro atoms. The molecule has 22 heavy (non-hydrogen) atoms. The van der Waals surface area contributed by atoms with E-state index in [0.717, 1.165) is 10.4 Å². The van der Waals surface area contributed by atoms with Crippen molar-refractivity contribution in [2.75, 3.05) is 13.1 Å². The maximum atomic E-state index is 12.0. The fraction of sp³-hybridized carbons (Fsp3) is 0.267. The van der Waals surface area contributed by atoms with Crippen LogP contribution in [0.4, 0.5) is 4.79 Å². The van der Waals surface area contributed by atoms with E-state index < -0.39 is 5.97 Å². The number of hydrogen-bond acceptors (Lipinski definition) is 4. The summed E-state index contributed by atoms with van der Waals surface area (Å²) in [6.45, 7) is 1.55. The number of carbonyl (C=O) groups is 2. The fourth-order valence-electron chi connectivity index (χ4n) is 2.40. The number of benzene rings is 1. The molecule has 3 rings (SSSR count). The largest absolute Gasteiger partial charge is 0.476 e. The lowest BCUT2D eigenvalue weighted by atomic mass is 9.97. The maximum absolute atomic E-state index is 12.0. The van der Waals surface area contributed by atoms with Gasteiger partial charge in [0, 0.05) is 30.4 Å². The molecule has 7 heteroatoms. The lowest BCUT2D eigenvalue weighted by Crippen LogP contribution is -2.52. The number of nitrogens with one attached hydrogen (secondary N) is 1. The average Bonchev–Trinajstić information content (AvgIpc) is 2.94. The number of urea groups is 1. The maximum Gasteiger partial charge on any atom is 0.355 e. The standard InChI is InChI=1S/C15H15N3O3S/c19-14(20)12-13(22-9-17-12)11-7-18(8-11)15(21)16-6-10-4-2-1-3-5-10/h1-5,9,11H,6-8H2,(H,16,21)(H,19,20). The number of carbonyl (C=O) groups excluding carboxylic acids is 1. The summed E-state index contributed by atoms with van der Waals surface area (Å²) >= 11 is 1.34. The molecule has 1 aliphatic rings. The molecule has 0 atom stereocenters. The Morgan fingerprint density at radius 2 is 2.05 bits per heavy atom. The van der Waals surface area contributed by atoms with Crippen LogP contribution in [0.2, 0.25) is 0 Å². The fourth-order valence-corrected chi connectivity index (χ4v) is 3.27. The second-order valence-corrected chi connectivity index (χ2v) is 6.00. The Morgan fingerprint density at radius 1 is 1.32 bits per heavy atom. The Morgan fingerprint density at radius 3 is 2.73 bits per heavy atom. The summed E-state index contributed by atoms with van der Waals surface area (Å²) in [6, 6.07) is 9.57. The van der Waals surface area contributed by atoms with Crippen molar-refractivity contribution in [1.82, 2.24) is 15.2 Å². The number of carboxylic acids is 1. The first-order valence-corrected chi connectivity index (χ1v) is 7.76. The topological polar surface area (TPSA) is 82.5 Å². The normalized spacial score (nSPS) is 14.5. The minimum absolute atomic E-state index is 0.0704. The van der Waals surface area contributed by atoms with Gasteiger partial charge in [-0.3, -0.25) is 0 Å². The number of rotatable bonds is 4. The molecule has 2 heterocycles. The van der Waals surface area contributed by atoms with Crippen LogP contribution < -0.4 is 5.32 Å². The summed E-state index contributed by atoms with van der Waals surface area (Å²) in [5, 5.41) is 11.9. The second kappa shape index (κ2) is 6.15. The van der Waals surface area contributed by atoms with Gasteiger partial charge in [0.05, 0.1) is 5.51 Å². The summed E-state index contributed by atoms with van der Waals surface area (Å²) in [6.07, 6.45) is 0. The van der Waals surface area contributed by atoms with Crippen molar-refractivity contribution < 1.29 is 14.7 Å². The number of thiazole rings is 1. The SMILES string of the molecule is O=C(O)c1ncsc1C1CN(C(=O)NCc2ccccc2)C1. The van der Waals surface area contributed by atoms with E-state index in [2.05, 4.69) is 10.3 Å². The Labute approximate surface area is 131 Å². The Hall–Kier alpha value is -2.41. The molecular formula is C15H15N3O3S. The summed E-state index contributed by atoms with van der Waals surface area (Å²) < 4.78 is 0. The molecule has 0 bridgehead atoms. The highest BCUT2D eigenvalue weighted by molar-refractivity contribution is 7.10. The van der Waals surface area contributed by atoms with Crippen LogP contribution in [0.3, 0.4) is 0 Å². The minimum Gasteiger partial charge on any atom is -0.476 e.